The summed E-state index contributed by atoms with van der Waals surface area (Å²) >= 11 is 2.46. The molecule has 0 radical (unpaired) electrons. The fraction of sp³-hybridized carbons (Fsp3) is 0.340. The second kappa shape index (κ2) is 17.3. The van der Waals surface area contributed by atoms with Crippen LogP contribution in [0.25, 0.3) is 21.5 Å². The molecule has 0 atom stereocenters. The van der Waals surface area contributed by atoms with Gasteiger partial charge in [-0.15, -0.1) is 0 Å². The largest absolute Gasteiger partial charge is 0.748 e. The third-order valence-electron chi connectivity index (χ3n) is 13.2. The van der Waals surface area contributed by atoms with Crippen molar-refractivity contribution in [2.45, 2.75) is 90.4 Å². The summed E-state index contributed by atoms with van der Waals surface area (Å²) in [5.41, 5.74) is 12.2. The van der Waals surface area contributed by atoms with Gasteiger partial charge in [0.2, 0.25) is 5.69 Å². The van der Waals surface area contributed by atoms with E-state index in [1.807, 2.05) is 0 Å². The van der Waals surface area contributed by atoms with Crippen LogP contribution in [0.1, 0.15) is 90.7 Å². The van der Waals surface area contributed by atoms with Crippen LogP contribution in [0.4, 0.5) is 17.1 Å². The molecule has 0 unspecified atom stereocenters. The lowest BCUT2D eigenvalue weighted by Crippen LogP contribution is -2.28. The Morgan fingerprint density at radius 3 is 2.15 bits per heavy atom. The van der Waals surface area contributed by atoms with E-state index in [4.69, 9.17) is 0 Å². The van der Waals surface area contributed by atoms with Crippen molar-refractivity contribution in [2.75, 3.05) is 35.7 Å². The lowest BCUT2D eigenvalue weighted by molar-refractivity contribution is -0.438. The first kappa shape index (κ1) is 43.2. The van der Waals surface area contributed by atoms with Crippen LogP contribution in [0.3, 0.4) is 0 Å². The van der Waals surface area contributed by atoms with Gasteiger partial charge in [0.25, 0.3) is 0 Å². The average molecular weight is 944 g/mol. The Morgan fingerprint density at radius 1 is 0.770 bits per heavy atom. The molecule has 5 aromatic carbocycles. The molecule has 1 aliphatic carbocycles. The van der Waals surface area contributed by atoms with Crippen molar-refractivity contribution in [3.8, 4) is 0 Å². The lowest BCUT2D eigenvalue weighted by Gasteiger charge is -2.28. The Kier molecular flexibility index (Phi) is 12.3. The zero-order valence-corrected chi connectivity index (χ0v) is 39.4. The second-order valence-electron chi connectivity index (χ2n) is 17.9. The Morgan fingerprint density at radius 2 is 1.44 bits per heavy atom. The van der Waals surface area contributed by atoms with Gasteiger partial charge in [-0.3, -0.25) is 0 Å². The molecule has 5 aromatic rings. The number of fused-ring (bicyclic) bond motifs is 6. The minimum absolute atomic E-state index is 0.184. The molecule has 0 N–H and O–H groups in total. The molecule has 0 saturated heterocycles. The van der Waals surface area contributed by atoms with E-state index in [-0.39, 0.29) is 16.6 Å². The van der Waals surface area contributed by atoms with Crippen LogP contribution >= 0.6 is 22.6 Å². The van der Waals surface area contributed by atoms with E-state index in [0.717, 1.165) is 31.5 Å². The summed E-state index contributed by atoms with van der Waals surface area (Å²) in [5.74, 6) is -0.345. The Hall–Kier alpha value is -4.51. The number of para-hydroxylation sites is 1. The standard InChI is InChI=1S/C53H58IN3O3S/c1-7-8-15-34-56-45-30-26-37-18-9-11-20-41(37)49(45)52(2,3)47(56)32-28-39-24-25-40(51(39)55(6)44-23-14-13-22-43(44)54)29-33-48-53(4,5)50-42-21-12-10-19-38(42)27-31-46(50)57(48)35-16-17-36-61(58,59)60/h9-14,18-23,26-33H,7-8,15-17,24-25,34-36H2,1-6H3. The smallest absolute Gasteiger partial charge is 0.210 e. The third kappa shape index (κ3) is 8.28. The number of allylic oxidation sites excluding steroid dienone is 7. The van der Waals surface area contributed by atoms with Crippen molar-refractivity contribution in [1.82, 2.24) is 0 Å². The quantitative estimate of drug-likeness (QED) is 0.0480. The Balaban J connectivity index is 1.24. The second-order valence-corrected chi connectivity index (χ2v) is 20.6. The zero-order valence-electron chi connectivity index (χ0n) is 36.5. The summed E-state index contributed by atoms with van der Waals surface area (Å²) in [6.45, 7) is 13.3. The molecule has 0 bridgehead atoms. The van der Waals surface area contributed by atoms with E-state index in [1.165, 1.54) is 88.7 Å². The summed E-state index contributed by atoms with van der Waals surface area (Å²) in [4.78, 5) is 4.75. The van der Waals surface area contributed by atoms with Gasteiger partial charge in [-0.05, 0) is 137 Å². The van der Waals surface area contributed by atoms with Gasteiger partial charge in [0.05, 0.1) is 21.2 Å². The van der Waals surface area contributed by atoms with Gasteiger partial charge in [0.1, 0.15) is 6.54 Å². The van der Waals surface area contributed by atoms with Crippen molar-refractivity contribution in [1.29, 1.82) is 0 Å². The molecule has 0 spiro atoms. The van der Waals surface area contributed by atoms with Gasteiger partial charge in [0.15, 0.2) is 5.71 Å². The predicted molar refractivity (Wildman–Crippen MR) is 264 cm³/mol. The van der Waals surface area contributed by atoms with Gasteiger partial charge in [-0.2, -0.15) is 4.58 Å². The highest BCUT2D eigenvalue weighted by molar-refractivity contribution is 14.1. The highest BCUT2D eigenvalue weighted by Crippen LogP contribution is 2.51. The van der Waals surface area contributed by atoms with Crippen molar-refractivity contribution < 1.29 is 17.5 Å². The number of hydrogen-bond donors (Lipinski definition) is 0. The van der Waals surface area contributed by atoms with Gasteiger partial charge in [-0.1, -0.05) is 106 Å². The maximum absolute atomic E-state index is 11.5. The van der Waals surface area contributed by atoms with Crippen molar-refractivity contribution in [3.63, 3.8) is 0 Å². The fourth-order valence-corrected chi connectivity index (χ4v) is 11.6. The molecule has 0 fully saturated rings. The number of halogens is 1. The van der Waals surface area contributed by atoms with Gasteiger partial charge < -0.3 is 14.4 Å². The number of anilines is 2. The molecule has 8 rings (SSSR count). The van der Waals surface area contributed by atoms with Gasteiger partial charge in [-0.25, -0.2) is 8.42 Å². The molecule has 2 heterocycles. The Labute approximate surface area is 377 Å². The molecule has 6 nitrogen and oxygen atoms in total. The first-order valence-electron chi connectivity index (χ1n) is 21.9. The van der Waals surface area contributed by atoms with Crippen LogP contribution in [0.2, 0.25) is 0 Å². The molecule has 8 heteroatoms. The maximum atomic E-state index is 11.5. The molecular weight excluding hydrogens is 886 g/mol. The SMILES string of the molecule is CCCCC[N+]1=C(/C=C/C2=C(N(C)c3ccccc3I)C(=C/C=C3/N(CCCCS(=O)(=O)[O-])c4ccc5ccccc5c4C3(C)C)/CC2)C(C)(C)c2c1ccc1ccccc21. The van der Waals surface area contributed by atoms with E-state index in [1.54, 1.807) is 0 Å². The van der Waals surface area contributed by atoms with Crippen LogP contribution in [0, 0.1) is 3.57 Å². The van der Waals surface area contributed by atoms with Crippen LogP contribution in [0.15, 0.2) is 144 Å². The predicted octanol–water partition coefficient (Wildman–Crippen LogP) is 12.8. The topological polar surface area (TPSA) is 66.7 Å². The number of benzene rings is 5. The molecule has 61 heavy (non-hydrogen) atoms. The van der Waals surface area contributed by atoms with Crippen molar-refractivity contribution in [3.05, 3.63) is 159 Å². The van der Waals surface area contributed by atoms with E-state index < -0.39 is 10.1 Å². The molecule has 2 aliphatic heterocycles. The van der Waals surface area contributed by atoms with Crippen LogP contribution in [0.5, 0.6) is 0 Å². The van der Waals surface area contributed by atoms with Crippen LogP contribution < -0.4 is 9.80 Å². The van der Waals surface area contributed by atoms with Gasteiger partial charge >= 0.3 is 0 Å². The normalized spacial score (nSPS) is 18.5. The van der Waals surface area contributed by atoms with E-state index >= 15 is 0 Å². The summed E-state index contributed by atoms with van der Waals surface area (Å²) in [7, 11) is -2.07. The first-order chi connectivity index (χ1) is 29.2. The third-order valence-corrected chi connectivity index (χ3v) is 14.9. The summed E-state index contributed by atoms with van der Waals surface area (Å²) in [5, 5.41) is 5.05. The molecule has 0 saturated carbocycles. The van der Waals surface area contributed by atoms with Gasteiger partial charge in [0, 0.05) is 69.5 Å². The molecule has 0 aromatic heterocycles. The number of rotatable bonds is 14. The Bertz CT molecular complexity index is 2790. The van der Waals surface area contributed by atoms with Crippen LogP contribution in [-0.4, -0.2) is 49.1 Å². The van der Waals surface area contributed by atoms with Crippen molar-refractivity contribution >= 4 is 77.0 Å². The number of unbranched alkanes of at least 4 members (excludes halogenated alkanes) is 3. The summed E-state index contributed by atoms with van der Waals surface area (Å²) in [6.07, 6.45) is 15.8. The summed E-state index contributed by atoms with van der Waals surface area (Å²) < 4.78 is 38.4. The molecule has 316 valence electrons. The maximum Gasteiger partial charge on any atom is 0.210 e. The molecular formula is C53H58IN3O3S. The van der Waals surface area contributed by atoms with E-state index in [0.29, 0.717) is 19.4 Å². The van der Waals surface area contributed by atoms with E-state index in [2.05, 4.69) is 200 Å². The highest BCUT2D eigenvalue weighted by atomic mass is 127. The zero-order chi connectivity index (χ0) is 43.1. The number of hydrogen-bond acceptors (Lipinski definition) is 5. The summed E-state index contributed by atoms with van der Waals surface area (Å²) in [6, 6.07) is 35.0. The average Bonchev–Trinajstić information content (AvgIpc) is 3.81. The first-order valence-corrected chi connectivity index (χ1v) is 24.6. The lowest BCUT2D eigenvalue weighted by atomic mass is 9.79. The van der Waals surface area contributed by atoms with Crippen molar-refractivity contribution in [2.24, 2.45) is 0 Å². The van der Waals surface area contributed by atoms with Crippen LogP contribution in [-0.2, 0) is 20.9 Å². The number of nitrogens with zero attached hydrogens (tertiary/aromatic N) is 3. The monoisotopic (exact) mass is 943 g/mol. The fourth-order valence-electron chi connectivity index (χ4n) is 10.3. The minimum Gasteiger partial charge on any atom is -0.748 e. The molecule has 0 amide bonds. The highest BCUT2D eigenvalue weighted by Gasteiger charge is 2.46. The molecule has 3 aliphatic rings. The van der Waals surface area contributed by atoms with E-state index in [9.17, 15) is 13.0 Å². The number of likely N-dealkylation sites (N-methyl/N-ethyl adjacent to an activating group) is 1. The minimum atomic E-state index is -4.27.